The van der Waals surface area contributed by atoms with E-state index in [1.807, 2.05) is 5.38 Å². The van der Waals surface area contributed by atoms with Gasteiger partial charge < -0.3 is 5.73 Å². The van der Waals surface area contributed by atoms with Crippen LogP contribution in [0.5, 0.6) is 0 Å². The van der Waals surface area contributed by atoms with E-state index in [1.165, 1.54) is 17.6 Å². The fraction of sp³-hybridized carbons (Fsp3) is 0.444. The molecule has 7 nitrogen and oxygen atoms in total. The summed E-state index contributed by atoms with van der Waals surface area (Å²) in [6.45, 7) is 0. The lowest BCUT2D eigenvalue weighted by atomic mass is 10.2. The van der Waals surface area contributed by atoms with Crippen molar-refractivity contribution in [2.75, 3.05) is 12.0 Å². The molecule has 0 spiro atoms. The van der Waals surface area contributed by atoms with Crippen molar-refractivity contribution in [3.63, 3.8) is 0 Å². The quantitative estimate of drug-likeness (QED) is 0.820. The molecule has 3 N–H and O–H groups in total. The van der Waals surface area contributed by atoms with Gasteiger partial charge in [-0.05, 0) is 6.42 Å². The molecule has 2 aromatic heterocycles. The number of nitrogens with one attached hydrogen (secondary N) is 1. The first-order valence-electron chi connectivity index (χ1n) is 5.20. The Morgan fingerprint density at radius 1 is 1.56 bits per heavy atom. The van der Waals surface area contributed by atoms with E-state index in [0.29, 0.717) is 22.8 Å². The van der Waals surface area contributed by atoms with Crippen LogP contribution in [0.1, 0.15) is 18.2 Å². The van der Waals surface area contributed by atoms with Crippen molar-refractivity contribution in [1.29, 1.82) is 0 Å². The molecule has 18 heavy (non-hydrogen) atoms. The Kier molecular flexibility index (Phi) is 3.73. The zero-order valence-electron chi connectivity index (χ0n) is 9.70. The van der Waals surface area contributed by atoms with Gasteiger partial charge in [-0.15, -0.1) is 11.3 Å². The molecule has 0 fully saturated rings. The summed E-state index contributed by atoms with van der Waals surface area (Å²) in [6.07, 6.45) is 3.13. The highest BCUT2D eigenvalue weighted by molar-refractivity contribution is 7.90. The molecule has 0 radical (unpaired) electrons. The number of hydrogen-bond donors (Lipinski definition) is 2. The number of thiazole rings is 1. The zero-order valence-corrected chi connectivity index (χ0v) is 11.3. The average molecular weight is 287 g/mol. The highest BCUT2D eigenvalue weighted by Crippen LogP contribution is 2.24. The zero-order chi connectivity index (χ0) is 13.2. The minimum atomic E-state index is -3.00. The third kappa shape index (κ3) is 3.34. The van der Waals surface area contributed by atoms with E-state index in [9.17, 15) is 8.42 Å². The van der Waals surface area contributed by atoms with Gasteiger partial charge in [-0.3, -0.25) is 0 Å². The smallest absolute Gasteiger partial charge is 0.147 e. The summed E-state index contributed by atoms with van der Waals surface area (Å²) in [5.41, 5.74) is 7.24. The molecular weight excluding hydrogens is 274 g/mol. The molecule has 1 unspecified atom stereocenters. The molecule has 0 aliphatic heterocycles. The van der Waals surface area contributed by atoms with Crippen LogP contribution in [0, 0.1) is 0 Å². The number of hydrogen-bond acceptors (Lipinski definition) is 7. The third-order valence-corrected chi connectivity index (χ3v) is 4.20. The Bertz CT molecular complexity index is 605. The summed E-state index contributed by atoms with van der Waals surface area (Å²) < 4.78 is 22.1. The highest BCUT2D eigenvalue weighted by Gasteiger charge is 2.15. The molecule has 0 aliphatic rings. The van der Waals surface area contributed by atoms with Gasteiger partial charge in [0, 0.05) is 17.7 Å². The van der Waals surface area contributed by atoms with E-state index in [0.717, 1.165) is 0 Å². The molecule has 2 aromatic rings. The second kappa shape index (κ2) is 5.12. The number of nitrogens with zero attached hydrogens (tertiary/aromatic N) is 3. The predicted molar refractivity (Wildman–Crippen MR) is 68.7 cm³/mol. The number of sulfone groups is 1. The number of aromatic nitrogens is 4. The van der Waals surface area contributed by atoms with E-state index in [1.54, 1.807) is 6.20 Å². The fourth-order valence-electron chi connectivity index (χ4n) is 1.37. The number of aromatic amines is 1. The van der Waals surface area contributed by atoms with Gasteiger partial charge in [0.2, 0.25) is 0 Å². The Balaban J connectivity index is 2.06. The van der Waals surface area contributed by atoms with Crippen molar-refractivity contribution >= 4 is 21.2 Å². The summed E-state index contributed by atoms with van der Waals surface area (Å²) in [7, 11) is -3.00. The van der Waals surface area contributed by atoms with Crippen molar-refractivity contribution in [3.8, 4) is 10.7 Å². The first kappa shape index (κ1) is 13.1. The normalized spacial score (nSPS) is 13.7. The summed E-state index contributed by atoms with van der Waals surface area (Å²) in [5, 5.41) is 12.7. The lowest BCUT2D eigenvalue weighted by Crippen LogP contribution is -2.15. The van der Waals surface area contributed by atoms with Crippen molar-refractivity contribution in [2.45, 2.75) is 12.5 Å². The minimum Gasteiger partial charge on any atom is -0.323 e. The molecule has 1 atom stereocenters. The SMILES string of the molecule is CS(=O)(=O)CCC(N)c1csc(-c2cn[nH]n2)n1. The third-order valence-electron chi connectivity index (χ3n) is 2.34. The predicted octanol–water partition coefficient (Wildman–Crippen LogP) is 0.363. The van der Waals surface area contributed by atoms with E-state index in [-0.39, 0.29) is 11.8 Å². The lowest BCUT2D eigenvalue weighted by Gasteiger charge is -2.06. The summed E-state index contributed by atoms with van der Waals surface area (Å²) in [5.74, 6) is 0.0605. The van der Waals surface area contributed by atoms with Gasteiger partial charge in [-0.25, -0.2) is 13.4 Å². The van der Waals surface area contributed by atoms with Gasteiger partial charge in [0.25, 0.3) is 0 Å². The largest absolute Gasteiger partial charge is 0.323 e. The van der Waals surface area contributed by atoms with Crippen molar-refractivity contribution in [3.05, 3.63) is 17.3 Å². The Morgan fingerprint density at radius 3 is 2.94 bits per heavy atom. The van der Waals surface area contributed by atoms with Crippen molar-refractivity contribution in [1.82, 2.24) is 20.4 Å². The number of H-pyrrole nitrogens is 1. The van der Waals surface area contributed by atoms with Crippen molar-refractivity contribution in [2.24, 2.45) is 5.73 Å². The maximum atomic E-state index is 11.1. The molecule has 2 heterocycles. The van der Waals surface area contributed by atoms with E-state index < -0.39 is 9.84 Å². The lowest BCUT2D eigenvalue weighted by molar-refractivity contribution is 0.590. The molecule has 0 saturated heterocycles. The molecule has 98 valence electrons. The Labute approximate surface area is 108 Å². The second-order valence-corrected chi connectivity index (χ2v) is 7.08. The molecule has 0 aliphatic carbocycles. The van der Waals surface area contributed by atoms with Crippen LogP contribution in [0.4, 0.5) is 0 Å². The Morgan fingerprint density at radius 2 is 2.33 bits per heavy atom. The van der Waals surface area contributed by atoms with Gasteiger partial charge >= 0.3 is 0 Å². The van der Waals surface area contributed by atoms with Crippen molar-refractivity contribution < 1.29 is 8.42 Å². The van der Waals surface area contributed by atoms with E-state index in [2.05, 4.69) is 20.4 Å². The average Bonchev–Trinajstić information content (AvgIpc) is 2.94. The molecule has 0 saturated carbocycles. The monoisotopic (exact) mass is 287 g/mol. The van der Waals surface area contributed by atoms with E-state index >= 15 is 0 Å². The summed E-state index contributed by atoms with van der Waals surface area (Å²) in [4.78, 5) is 4.33. The first-order valence-corrected chi connectivity index (χ1v) is 8.14. The topological polar surface area (TPSA) is 115 Å². The number of nitrogens with two attached hydrogens (primary N) is 1. The van der Waals surface area contributed by atoms with Crippen LogP contribution in [0.25, 0.3) is 10.7 Å². The Hall–Kier alpha value is -1.32. The fourth-order valence-corrected chi connectivity index (χ4v) is 2.89. The first-order chi connectivity index (χ1) is 8.46. The highest BCUT2D eigenvalue weighted by atomic mass is 32.2. The second-order valence-electron chi connectivity index (χ2n) is 3.96. The summed E-state index contributed by atoms with van der Waals surface area (Å²) >= 11 is 1.41. The molecule has 0 bridgehead atoms. The van der Waals surface area contributed by atoms with Crippen LogP contribution >= 0.6 is 11.3 Å². The van der Waals surface area contributed by atoms with Gasteiger partial charge in [-0.1, -0.05) is 0 Å². The minimum absolute atomic E-state index is 0.0605. The molecule has 2 rings (SSSR count). The molecule has 9 heteroatoms. The maximum absolute atomic E-state index is 11.1. The van der Waals surface area contributed by atoms with Crippen LogP contribution < -0.4 is 5.73 Å². The van der Waals surface area contributed by atoms with Crippen LogP contribution in [0.15, 0.2) is 11.6 Å². The van der Waals surface area contributed by atoms with E-state index in [4.69, 9.17) is 5.73 Å². The summed E-state index contributed by atoms with van der Waals surface area (Å²) in [6, 6.07) is -0.378. The molecule has 0 aromatic carbocycles. The van der Waals surface area contributed by atoms with Gasteiger partial charge in [0.1, 0.15) is 20.5 Å². The van der Waals surface area contributed by atoms with Crippen LogP contribution in [0.2, 0.25) is 0 Å². The van der Waals surface area contributed by atoms with Gasteiger partial charge in [-0.2, -0.15) is 15.4 Å². The van der Waals surface area contributed by atoms with Crippen LogP contribution in [0.3, 0.4) is 0 Å². The van der Waals surface area contributed by atoms with Crippen LogP contribution in [-0.2, 0) is 9.84 Å². The van der Waals surface area contributed by atoms with Crippen LogP contribution in [-0.4, -0.2) is 40.8 Å². The maximum Gasteiger partial charge on any atom is 0.147 e. The van der Waals surface area contributed by atoms with Gasteiger partial charge in [0.15, 0.2) is 0 Å². The molecule has 0 amide bonds. The molecular formula is C9H13N5O2S2. The number of rotatable bonds is 5. The standard InChI is InChI=1S/C9H13N5O2S2/c1-18(15,16)3-2-6(10)8-5-17-9(12-8)7-4-11-14-13-7/h4-6H,2-3,10H2,1H3,(H,11,13,14). The van der Waals surface area contributed by atoms with Gasteiger partial charge in [0.05, 0.1) is 17.6 Å².